The molecule has 1 fully saturated rings. The molecule has 4 nitrogen and oxygen atoms in total. The molecule has 3 N–H and O–H groups in total. The molecule has 1 heterocycles. The maximum absolute atomic E-state index is 11.9. The predicted molar refractivity (Wildman–Crippen MR) is 70.3 cm³/mol. The van der Waals surface area contributed by atoms with Crippen molar-refractivity contribution in [2.45, 2.75) is 19.8 Å². The summed E-state index contributed by atoms with van der Waals surface area (Å²) in [5.41, 5.74) is 7.34. The van der Waals surface area contributed by atoms with E-state index in [1.165, 1.54) is 12.8 Å². The monoisotopic (exact) mass is 244 g/mol. The molecule has 2 aromatic rings. The van der Waals surface area contributed by atoms with Crippen molar-refractivity contribution in [3.05, 3.63) is 30.0 Å². The molecule has 1 saturated carbocycles. The second kappa shape index (κ2) is 3.77. The normalized spacial score (nSPS) is 16.7. The number of anilines is 1. The number of furan rings is 1. The lowest BCUT2D eigenvalue weighted by molar-refractivity contribution is 0.0920. The van der Waals surface area contributed by atoms with E-state index in [0.29, 0.717) is 29.0 Å². The Morgan fingerprint density at radius 3 is 2.94 bits per heavy atom. The lowest BCUT2D eigenvalue weighted by Gasteiger charge is -2.08. The minimum absolute atomic E-state index is 0.155. The largest absolute Gasteiger partial charge is 0.451 e. The Kier molecular flexibility index (Phi) is 2.33. The summed E-state index contributed by atoms with van der Waals surface area (Å²) in [6.07, 6.45) is 2.37. The Hall–Kier alpha value is -1.97. The van der Waals surface area contributed by atoms with Crippen molar-refractivity contribution in [3.63, 3.8) is 0 Å². The third-order valence-corrected chi connectivity index (χ3v) is 3.54. The number of nitrogens with two attached hydrogens (primary N) is 1. The average molecular weight is 244 g/mol. The Labute approximate surface area is 105 Å². The van der Waals surface area contributed by atoms with E-state index in [-0.39, 0.29) is 5.91 Å². The minimum atomic E-state index is -0.155. The van der Waals surface area contributed by atoms with Crippen LogP contribution in [0.4, 0.5) is 5.69 Å². The Bertz CT molecular complexity index is 611. The quantitative estimate of drug-likeness (QED) is 0.815. The molecule has 4 heteroatoms. The summed E-state index contributed by atoms with van der Waals surface area (Å²) in [7, 11) is 0. The maximum Gasteiger partial charge on any atom is 0.287 e. The van der Waals surface area contributed by atoms with E-state index in [1.807, 2.05) is 0 Å². The molecule has 0 atom stereocenters. The van der Waals surface area contributed by atoms with E-state index in [9.17, 15) is 4.79 Å². The smallest absolute Gasteiger partial charge is 0.287 e. The number of nitrogens with one attached hydrogen (secondary N) is 1. The first-order chi connectivity index (χ1) is 8.56. The molecular formula is C14H16N2O2. The lowest BCUT2D eigenvalue weighted by Crippen LogP contribution is -2.28. The van der Waals surface area contributed by atoms with Gasteiger partial charge in [-0.2, -0.15) is 0 Å². The molecule has 1 aliphatic rings. The number of hydrogen-bond acceptors (Lipinski definition) is 3. The first-order valence-electron chi connectivity index (χ1n) is 6.13. The van der Waals surface area contributed by atoms with Gasteiger partial charge in [-0.3, -0.25) is 4.79 Å². The van der Waals surface area contributed by atoms with Crippen molar-refractivity contribution in [1.29, 1.82) is 0 Å². The van der Waals surface area contributed by atoms with Gasteiger partial charge >= 0.3 is 0 Å². The molecule has 0 radical (unpaired) electrons. The van der Waals surface area contributed by atoms with Crippen LogP contribution in [0.25, 0.3) is 11.0 Å². The van der Waals surface area contributed by atoms with Gasteiger partial charge in [0, 0.05) is 17.6 Å². The first kappa shape index (κ1) is 11.1. The second-order valence-electron chi connectivity index (χ2n) is 5.40. The number of benzene rings is 1. The molecule has 0 unspecified atom stereocenters. The number of carbonyl (C=O) groups excluding carboxylic acids is 1. The highest BCUT2D eigenvalue weighted by Crippen LogP contribution is 2.44. The highest BCUT2D eigenvalue weighted by atomic mass is 16.3. The van der Waals surface area contributed by atoms with E-state index < -0.39 is 0 Å². The van der Waals surface area contributed by atoms with E-state index in [2.05, 4.69) is 12.2 Å². The van der Waals surface area contributed by atoms with Gasteiger partial charge in [-0.05, 0) is 42.5 Å². The predicted octanol–water partition coefficient (Wildman–Crippen LogP) is 2.54. The van der Waals surface area contributed by atoms with Gasteiger partial charge in [0.05, 0.1) is 0 Å². The van der Waals surface area contributed by atoms with Crippen LogP contribution in [0.5, 0.6) is 0 Å². The van der Waals surface area contributed by atoms with Crippen molar-refractivity contribution < 1.29 is 9.21 Å². The fraction of sp³-hybridized carbons (Fsp3) is 0.357. The van der Waals surface area contributed by atoms with Crippen LogP contribution in [-0.4, -0.2) is 12.5 Å². The minimum Gasteiger partial charge on any atom is -0.451 e. The van der Waals surface area contributed by atoms with Crippen LogP contribution in [-0.2, 0) is 0 Å². The second-order valence-corrected chi connectivity index (χ2v) is 5.40. The summed E-state index contributed by atoms with van der Waals surface area (Å²) < 4.78 is 5.50. The highest BCUT2D eigenvalue weighted by molar-refractivity contribution is 5.96. The number of amides is 1. The summed E-state index contributed by atoms with van der Waals surface area (Å²) in [5.74, 6) is 0.192. The molecule has 0 saturated heterocycles. The summed E-state index contributed by atoms with van der Waals surface area (Å²) in [5, 5.41) is 3.77. The Morgan fingerprint density at radius 1 is 1.44 bits per heavy atom. The Balaban J connectivity index is 1.78. The molecule has 0 spiro atoms. The van der Waals surface area contributed by atoms with Crippen molar-refractivity contribution >= 4 is 22.6 Å². The van der Waals surface area contributed by atoms with Crippen LogP contribution in [0.2, 0.25) is 0 Å². The van der Waals surface area contributed by atoms with Crippen molar-refractivity contribution in [2.75, 3.05) is 12.3 Å². The first-order valence-corrected chi connectivity index (χ1v) is 6.13. The molecule has 94 valence electrons. The molecule has 0 bridgehead atoms. The van der Waals surface area contributed by atoms with Crippen LogP contribution in [0.3, 0.4) is 0 Å². The van der Waals surface area contributed by atoms with E-state index >= 15 is 0 Å². The maximum atomic E-state index is 11.9. The fourth-order valence-electron chi connectivity index (χ4n) is 1.94. The van der Waals surface area contributed by atoms with Crippen LogP contribution in [0.1, 0.15) is 30.3 Å². The van der Waals surface area contributed by atoms with Crippen molar-refractivity contribution in [2.24, 2.45) is 5.41 Å². The molecule has 1 aliphatic carbocycles. The lowest BCUT2D eigenvalue weighted by atomic mass is 10.1. The molecule has 3 rings (SSSR count). The van der Waals surface area contributed by atoms with Gasteiger partial charge < -0.3 is 15.5 Å². The molecule has 18 heavy (non-hydrogen) atoms. The zero-order chi connectivity index (χ0) is 12.8. The van der Waals surface area contributed by atoms with E-state index in [1.54, 1.807) is 24.3 Å². The van der Waals surface area contributed by atoms with Gasteiger partial charge in [-0.15, -0.1) is 0 Å². The summed E-state index contributed by atoms with van der Waals surface area (Å²) >= 11 is 0. The summed E-state index contributed by atoms with van der Waals surface area (Å²) in [4.78, 5) is 11.9. The topological polar surface area (TPSA) is 68.3 Å². The number of hydrogen-bond donors (Lipinski definition) is 2. The van der Waals surface area contributed by atoms with Gasteiger partial charge in [-0.1, -0.05) is 6.92 Å². The van der Waals surface area contributed by atoms with E-state index in [4.69, 9.17) is 10.2 Å². The standard InChI is InChI=1S/C14H16N2O2/c1-14(4-5-14)8-16-13(17)12-7-9-6-10(15)2-3-11(9)18-12/h2-3,6-7H,4-5,8,15H2,1H3,(H,16,17). The molecular weight excluding hydrogens is 228 g/mol. The van der Waals surface area contributed by atoms with Crippen molar-refractivity contribution in [3.8, 4) is 0 Å². The molecule has 0 aliphatic heterocycles. The summed E-state index contributed by atoms with van der Waals surface area (Å²) in [6, 6.07) is 7.08. The zero-order valence-electron chi connectivity index (χ0n) is 10.3. The van der Waals surface area contributed by atoms with Crippen LogP contribution < -0.4 is 11.1 Å². The number of rotatable bonds is 3. The molecule has 1 amide bonds. The summed E-state index contributed by atoms with van der Waals surface area (Å²) in [6.45, 7) is 2.89. The van der Waals surface area contributed by atoms with Gasteiger partial charge in [0.15, 0.2) is 5.76 Å². The van der Waals surface area contributed by atoms with Crippen molar-refractivity contribution in [1.82, 2.24) is 5.32 Å². The van der Waals surface area contributed by atoms with Gasteiger partial charge in [-0.25, -0.2) is 0 Å². The van der Waals surface area contributed by atoms with Crippen LogP contribution >= 0.6 is 0 Å². The van der Waals surface area contributed by atoms with Gasteiger partial charge in [0.2, 0.25) is 0 Å². The Morgan fingerprint density at radius 2 is 2.22 bits per heavy atom. The number of nitrogen functional groups attached to an aromatic ring is 1. The van der Waals surface area contributed by atoms with Crippen LogP contribution in [0, 0.1) is 5.41 Å². The number of fused-ring (bicyclic) bond motifs is 1. The number of carbonyl (C=O) groups is 1. The third kappa shape index (κ3) is 2.06. The van der Waals surface area contributed by atoms with Gasteiger partial charge in [0.1, 0.15) is 5.58 Å². The third-order valence-electron chi connectivity index (χ3n) is 3.54. The average Bonchev–Trinajstić information content (AvgIpc) is 2.92. The van der Waals surface area contributed by atoms with Gasteiger partial charge in [0.25, 0.3) is 5.91 Å². The SMILES string of the molecule is CC1(CNC(=O)c2cc3cc(N)ccc3o2)CC1. The highest BCUT2D eigenvalue weighted by Gasteiger charge is 2.37. The molecule has 1 aromatic carbocycles. The van der Waals surface area contributed by atoms with E-state index in [0.717, 1.165) is 5.39 Å². The molecule has 1 aromatic heterocycles. The fourth-order valence-corrected chi connectivity index (χ4v) is 1.94. The zero-order valence-corrected chi connectivity index (χ0v) is 10.3. The van der Waals surface area contributed by atoms with Crippen LogP contribution in [0.15, 0.2) is 28.7 Å².